The van der Waals surface area contributed by atoms with Gasteiger partial charge < -0.3 is 16.4 Å². The van der Waals surface area contributed by atoms with Gasteiger partial charge in [0.1, 0.15) is 17.4 Å². The van der Waals surface area contributed by atoms with Gasteiger partial charge in [-0.25, -0.2) is 15.0 Å². The summed E-state index contributed by atoms with van der Waals surface area (Å²) in [4.78, 5) is 25.5. The Morgan fingerprint density at radius 2 is 2.21 bits per heavy atom. The fraction of sp³-hybridized carbons (Fsp3) is 0.421. The summed E-state index contributed by atoms with van der Waals surface area (Å²) < 4.78 is 1.85. The summed E-state index contributed by atoms with van der Waals surface area (Å²) in [6, 6.07) is 2.15. The average molecular weight is 380 g/mol. The lowest BCUT2D eigenvalue weighted by molar-refractivity contribution is 0.100. The molecule has 0 radical (unpaired) electrons. The van der Waals surface area contributed by atoms with Crippen LogP contribution < -0.4 is 16.4 Å². The maximum atomic E-state index is 12.1. The van der Waals surface area contributed by atoms with Crippen LogP contribution in [0, 0.1) is 0 Å². The number of nitrogens with one attached hydrogen (secondary N) is 2. The van der Waals surface area contributed by atoms with Crippen LogP contribution >= 0.6 is 0 Å². The van der Waals surface area contributed by atoms with Gasteiger partial charge in [0.15, 0.2) is 5.82 Å². The largest absolute Gasteiger partial charge is 0.366 e. The predicted octanol–water partition coefficient (Wildman–Crippen LogP) is 1.73. The molecular weight excluding hydrogens is 356 g/mol. The molecule has 1 aliphatic heterocycles. The van der Waals surface area contributed by atoms with Crippen molar-refractivity contribution in [2.75, 3.05) is 18.4 Å². The standard InChI is InChI=1S/C19H24N8O/c1-11(2)27-9-12(7-24-27)15-6-14(18(20)28)16-17(26-15)19(23-10-22-16)25-13-4-3-5-21-8-13/h6-7,9-11,13,21H,3-5,8H2,1-2H3,(H2,20,28)(H,22,23,25)/t13-/m0/s1. The lowest BCUT2D eigenvalue weighted by atomic mass is 10.1. The second-order valence-electron chi connectivity index (χ2n) is 7.33. The molecule has 1 amide bonds. The fourth-order valence-electron chi connectivity index (χ4n) is 3.40. The van der Waals surface area contributed by atoms with E-state index < -0.39 is 5.91 Å². The van der Waals surface area contributed by atoms with Gasteiger partial charge in [-0.1, -0.05) is 0 Å². The lowest BCUT2D eigenvalue weighted by Crippen LogP contribution is -2.38. The Hall–Kier alpha value is -3.07. The van der Waals surface area contributed by atoms with Crippen molar-refractivity contribution in [1.29, 1.82) is 0 Å². The molecule has 0 bridgehead atoms. The zero-order valence-electron chi connectivity index (χ0n) is 16.0. The van der Waals surface area contributed by atoms with Crippen molar-refractivity contribution in [3.63, 3.8) is 0 Å². The number of fused-ring (bicyclic) bond motifs is 1. The van der Waals surface area contributed by atoms with Crippen molar-refractivity contribution in [3.8, 4) is 11.3 Å². The molecule has 9 heteroatoms. The molecule has 3 aromatic rings. The highest BCUT2D eigenvalue weighted by molar-refractivity contribution is 6.06. The second kappa shape index (κ2) is 7.51. The van der Waals surface area contributed by atoms with Gasteiger partial charge in [0.2, 0.25) is 0 Å². The Kier molecular flexibility index (Phi) is 4.91. The number of hydrogen-bond donors (Lipinski definition) is 3. The third kappa shape index (κ3) is 3.53. The highest BCUT2D eigenvalue weighted by Crippen LogP contribution is 2.27. The molecule has 1 saturated heterocycles. The van der Waals surface area contributed by atoms with Crippen LogP contribution in [0.1, 0.15) is 43.1 Å². The minimum Gasteiger partial charge on any atom is -0.366 e. The number of nitrogens with zero attached hydrogens (tertiary/aromatic N) is 5. The number of rotatable bonds is 5. The van der Waals surface area contributed by atoms with Crippen molar-refractivity contribution in [2.24, 2.45) is 5.73 Å². The van der Waals surface area contributed by atoms with Crippen molar-refractivity contribution in [1.82, 2.24) is 30.0 Å². The third-order valence-electron chi connectivity index (χ3n) is 4.92. The van der Waals surface area contributed by atoms with Gasteiger partial charge in [-0.15, -0.1) is 0 Å². The van der Waals surface area contributed by atoms with Gasteiger partial charge in [-0.05, 0) is 39.3 Å². The topological polar surface area (TPSA) is 124 Å². The molecule has 0 spiro atoms. The van der Waals surface area contributed by atoms with E-state index >= 15 is 0 Å². The quantitative estimate of drug-likeness (QED) is 0.616. The van der Waals surface area contributed by atoms with E-state index in [1.165, 1.54) is 6.33 Å². The molecule has 4 heterocycles. The highest BCUT2D eigenvalue weighted by Gasteiger charge is 2.20. The van der Waals surface area contributed by atoms with E-state index in [0.717, 1.165) is 31.5 Å². The maximum Gasteiger partial charge on any atom is 0.251 e. The minimum atomic E-state index is -0.547. The van der Waals surface area contributed by atoms with Crippen molar-refractivity contribution < 1.29 is 4.79 Å². The Labute approximate surface area is 162 Å². The number of amides is 1. The summed E-state index contributed by atoms with van der Waals surface area (Å²) >= 11 is 0. The van der Waals surface area contributed by atoms with Gasteiger partial charge in [0, 0.05) is 30.4 Å². The molecule has 0 aromatic carbocycles. The summed E-state index contributed by atoms with van der Waals surface area (Å²) in [6.07, 6.45) is 7.22. The third-order valence-corrected chi connectivity index (χ3v) is 4.92. The van der Waals surface area contributed by atoms with E-state index in [-0.39, 0.29) is 12.1 Å². The molecule has 3 aromatic heterocycles. The number of carbonyl (C=O) groups excluding carboxylic acids is 1. The fourth-order valence-corrected chi connectivity index (χ4v) is 3.40. The molecule has 0 unspecified atom stereocenters. The number of anilines is 1. The molecule has 146 valence electrons. The van der Waals surface area contributed by atoms with E-state index in [1.54, 1.807) is 12.3 Å². The zero-order valence-corrected chi connectivity index (χ0v) is 16.0. The van der Waals surface area contributed by atoms with Crippen LogP contribution in [0.3, 0.4) is 0 Å². The molecule has 28 heavy (non-hydrogen) atoms. The number of nitrogens with two attached hydrogens (primary N) is 1. The van der Waals surface area contributed by atoms with E-state index in [1.807, 2.05) is 24.7 Å². The first-order chi connectivity index (χ1) is 13.5. The molecule has 9 nitrogen and oxygen atoms in total. The first-order valence-electron chi connectivity index (χ1n) is 9.50. The molecule has 1 atom stereocenters. The normalized spacial score (nSPS) is 17.2. The Balaban J connectivity index is 1.82. The van der Waals surface area contributed by atoms with Crippen molar-refractivity contribution >= 4 is 22.8 Å². The van der Waals surface area contributed by atoms with E-state index in [4.69, 9.17) is 10.7 Å². The van der Waals surface area contributed by atoms with Gasteiger partial charge in [0.05, 0.1) is 17.5 Å². The monoisotopic (exact) mass is 380 g/mol. The van der Waals surface area contributed by atoms with Gasteiger partial charge >= 0.3 is 0 Å². The van der Waals surface area contributed by atoms with Crippen LogP contribution in [0.2, 0.25) is 0 Å². The number of primary amides is 1. The van der Waals surface area contributed by atoms with E-state index in [9.17, 15) is 4.79 Å². The van der Waals surface area contributed by atoms with Crippen molar-refractivity contribution in [2.45, 2.75) is 38.8 Å². The van der Waals surface area contributed by atoms with E-state index in [2.05, 4.69) is 25.7 Å². The van der Waals surface area contributed by atoms with Crippen LogP contribution in [0.25, 0.3) is 22.3 Å². The molecule has 0 aliphatic carbocycles. The number of carbonyl (C=O) groups is 1. The van der Waals surface area contributed by atoms with Gasteiger partial charge in [-0.3, -0.25) is 9.48 Å². The van der Waals surface area contributed by atoms with Gasteiger partial charge in [0.25, 0.3) is 5.91 Å². The smallest absolute Gasteiger partial charge is 0.251 e. The predicted molar refractivity (Wildman–Crippen MR) is 107 cm³/mol. The Bertz CT molecular complexity index is 1010. The SMILES string of the molecule is CC(C)n1cc(-c2cc(C(N)=O)c3ncnc(N[C@H]4CCCNC4)c3n2)cn1. The first kappa shape index (κ1) is 18.3. The van der Waals surface area contributed by atoms with Crippen molar-refractivity contribution in [3.05, 3.63) is 30.4 Å². The lowest BCUT2D eigenvalue weighted by Gasteiger charge is -2.24. The summed E-state index contributed by atoms with van der Waals surface area (Å²) in [5.41, 5.74) is 8.38. The van der Waals surface area contributed by atoms with Crippen LogP contribution in [0.15, 0.2) is 24.8 Å². The maximum absolute atomic E-state index is 12.1. The highest BCUT2D eigenvalue weighted by atomic mass is 16.1. The van der Waals surface area contributed by atoms with Crippen LogP contribution in [-0.2, 0) is 0 Å². The number of hydrogen-bond acceptors (Lipinski definition) is 7. The molecular formula is C19H24N8O. The molecule has 4 N–H and O–H groups in total. The molecule has 1 fully saturated rings. The average Bonchev–Trinajstić information content (AvgIpc) is 3.19. The van der Waals surface area contributed by atoms with Crippen LogP contribution in [0.4, 0.5) is 5.82 Å². The summed E-state index contributed by atoms with van der Waals surface area (Å²) in [5.74, 6) is 0.0631. The summed E-state index contributed by atoms with van der Waals surface area (Å²) in [7, 11) is 0. The molecule has 1 aliphatic rings. The summed E-state index contributed by atoms with van der Waals surface area (Å²) in [6.45, 7) is 5.98. The number of pyridine rings is 1. The summed E-state index contributed by atoms with van der Waals surface area (Å²) in [5, 5.41) is 11.2. The van der Waals surface area contributed by atoms with Gasteiger partial charge in [-0.2, -0.15) is 5.10 Å². The second-order valence-corrected chi connectivity index (χ2v) is 7.33. The van der Waals surface area contributed by atoms with Crippen LogP contribution in [0.5, 0.6) is 0 Å². The Morgan fingerprint density at radius 3 is 2.89 bits per heavy atom. The molecule has 0 saturated carbocycles. The molecule has 4 rings (SSSR count). The first-order valence-corrected chi connectivity index (χ1v) is 9.50. The van der Waals surface area contributed by atoms with Crippen LogP contribution in [-0.4, -0.2) is 49.8 Å². The number of piperidine rings is 1. The minimum absolute atomic E-state index is 0.226. The Morgan fingerprint density at radius 1 is 1.36 bits per heavy atom. The van der Waals surface area contributed by atoms with E-state index in [0.29, 0.717) is 28.1 Å². The zero-order chi connectivity index (χ0) is 19.7. The number of aromatic nitrogens is 5.